The Balaban J connectivity index is 2.51. The van der Waals surface area contributed by atoms with E-state index in [1.165, 1.54) is 4.31 Å². The predicted molar refractivity (Wildman–Crippen MR) is 91.7 cm³/mol. The number of carbonyl (C=O) groups excluding carboxylic acids is 1. The fraction of sp³-hybridized carbons (Fsp3) is 0.500. The molecule has 23 heavy (non-hydrogen) atoms. The Morgan fingerprint density at radius 1 is 1.30 bits per heavy atom. The summed E-state index contributed by atoms with van der Waals surface area (Å²) in [4.78, 5) is 12.6. The van der Waals surface area contributed by atoms with Gasteiger partial charge in [0.25, 0.3) is 0 Å². The lowest BCUT2D eigenvalue weighted by molar-refractivity contribution is -0.127. The molecule has 4 nitrogen and oxygen atoms in total. The summed E-state index contributed by atoms with van der Waals surface area (Å²) in [5.74, 6) is 0.0322. The molecular weight excluding hydrogens is 310 g/mol. The Hall–Kier alpha value is -1.46. The van der Waals surface area contributed by atoms with Crippen LogP contribution in [0.3, 0.4) is 0 Å². The molecule has 1 aliphatic heterocycles. The third-order valence-electron chi connectivity index (χ3n) is 4.71. The molecule has 1 aromatic carbocycles. The molecule has 0 aliphatic carbocycles. The molecule has 0 unspecified atom stereocenters. The molecule has 0 N–H and O–H groups in total. The van der Waals surface area contributed by atoms with Crippen LogP contribution >= 0.6 is 0 Å². The summed E-state index contributed by atoms with van der Waals surface area (Å²) in [6.07, 6.45) is 3.52. The van der Waals surface area contributed by atoms with E-state index in [-0.39, 0.29) is 22.6 Å². The number of sulfonamides is 1. The third kappa shape index (κ3) is 3.40. The van der Waals surface area contributed by atoms with Crippen LogP contribution in [0.25, 0.3) is 0 Å². The van der Waals surface area contributed by atoms with Gasteiger partial charge in [-0.05, 0) is 38.3 Å². The Bertz CT molecular complexity index is 679. The van der Waals surface area contributed by atoms with E-state index in [1.54, 1.807) is 37.3 Å². The van der Waals surface area contributed by atoms with Crippen LogP contribution < -0.4 is 0 Å². The van der Waals surface area contributed by atoms with Crippen molar-refractivity contribution >= 4 is 15.8 Å². The summed E-state index contributed by atoms with van der Waals surface area (Å²) in [5.41, 5.74) is 1.00. The van der Waals surface area contributed by atoms with Gasteiger partial charge in [0.05, 0.1) is 10.9 Å². The Labute approximate surface area is 139 Å². The highest BCUT2D eigenvalue weighted by atomic mass is 32.2. The van der Waals surface area contributed by atoms with Crippen LogP contribution in [0.15, 0.2) is 41.8 Å². The first kappa shape index (κ1) is 17.9. The number of hydrogen-bond donors (Lipinski definition) is 0. The lowest BCUT2D eigenvalue weighted by Crippen LogP contribution is -2.56. The third-order valence-corrected chi connectivity index (χ3v) is 6.72. The van der Waals surface area contributed by atoms with Gasteiger partial charge < -0.3 is 0 Å². The van der Waals surface area contributed by atoms with Gasteiger partial charge in [-0.2, -0.15) is 4.31 Å². The zero-order chi connectivity index (χ0) is 17.2. The molecule has 0 bridgehead atoms. The number of piperidine rings is 1. The van der Waals surface area contributed by atoms with Crippen LogP contribution in [-0.2, 0) is 14.8 Å². The number of nitrogens with zero attached hydrogens (tertiary/aromatic N) is 1. The van der Waals surface area contributed by atoms with E-state index >= 15 is 0 Å². The van der Waals surface area contributed by atoms with Gasteiger partial charge in [0.2, 0.25) is 10.0 Å². The maximum absolute atomic E-state index is 13.1. The minimum Gasteiger partial charge on any atom is -0.298 e. The predicted octanol–water partition coefficient (Wildman–Crippen LogP) is 3.32. The number of hydrogen-bond acceptors (Lipinski definition) is 3. The monoisotopic (exact) mass is 335 g/mol. The Morgan fingerprint density at radius 2 is 1.91 bits per heavy atom. The molecule has 3 atom stereocenters. The maximum atomic E-state index is 13.1. The molecule has 1 heterocycles. The molecule has 0 saturated carbocycles. The van der Waals surface area contributed by atoms with Crippen molar-refractivity contribution in [2.24, 2.45) is 5.92 Å². The Morgan fingerprint density at radius 3 is 2.43 bits per heavy atom. The van der Waals surface area contributed by atoms with Gasteiger partial charge in [0.1, 0.15) is 0 Å². The van der Waals surface area contributed by atoms with Gasteiger partial charge in [0, 0.05) is 12.5 Å². The largest absolute Gasteiger partial charge is 0.298 e. The minimum absolute atomic E-state index is 0.00662. The van der Waals surface area contributed by atoms with Crippen molar-refractivity contribution in [1.82, 2.24) is 4.31 Å². The molecule has 0 amide bonds. The van der Waals surface area contributed by atoms with Crippen LogP contribution in [0.4, 0.5) is 0 Å². The smallest absolute Gasteiger partial charge is 0.243 e. The lowest BCUT2D eigenvalue weighted by atomic mass is 9.83. The van der Waals surface area contributed by atoms with Gasteiger partial charge in [-0.25, -0.2) is 8.42 Å². The second-order valence-corrected chi connectivity index (χ2v) is 8.10. The molecule has 1 aliphatic rings. The molecule has 1 aromatic rings. The first-order valence-electron chi connectivity index (χ1n) is 8.06. The quantitative estimate of drug-likeness (QED) is 0.776. The van der Waals surface area contributed by atoms with Gasteiger partial charge >= 0.3 is 0 Å². The fourth-order valence-corrected chi connectivity index (χ4v) is 5.18. The molecular formula is C18H25NO3S. The maximum Gasteiger partial charge on any atom is 0.243 e. The first-order chi connectivity index (χ1) is 10.8. The summed E-state index contributed by atoms with van der Waals surface area (Å²) in [6.45, 7) is 9.37. The van der Waals surface area contributed by atoms with Crippen LogP contribution in [0, 0.1) is 12.8 Å². The molecule has 0 radical (unpaired) electrons. The average molecular weight is 335 g/mol. The topological polar surface area (TPSA) is 54.5 Å². The second-order valence-electron chi connectivity index (χ2n) is 6.25. The van der Waals surface area contributed by atoms with Crippen molar-refractivity contribution in [3.05, 3.63) is 42.5 Å². The van der Waals surface area contributed by atoms with Crippen molar-refractivity contribution in [2.45, 2.75) is 57.0 Å². The first-order valence-corrected chi connectivity index (χ1v) is 9.50. The highest BCUT2D eigenvalue weighted by Gasteiger charge is 2.45. The fourth-order valence-electron chi connectivity index (χ4n) is 3.30. The number of rotatable bonds is 5. The highest BCUT2D eigenvalue weighted by molar-refractivity contribution is 7.89. The average Bonchev–Trinajstić information content (AvgIpc) is 2.51. The minimum atomic E-state index is -3.71. The molecule has 1 saturated heterocycles. The lowest BCUT2D eigenvalue weighted by Gasteiger charge is -2.42. The second kappa shape index (κ2) is 6.97. The van der Waals surface area contributed by atoms with Crippen LogP contribution in [0.2, 0.25) is 0 Å². The molecule has 0 aromatic heterocycles. The molecule has 0 spiro atoms. The van der Waals surface area contributed by atoms with Crippen LogP contribution in [-0.4, -0.2) is 30.6 Å². The standard InChI is InChI=1S/C18H25NO3S/c1-5-7-17-15(6-2)12-18(20)14(4)19(17)23(21,22)16-10-8-13(3)9-11-16/h5,8-11,14-15,17H,1,6-7,12H2,2-4H3/t14-,15-,17+/m0/s1. The van der Waals surface area contributed by atoms with Crippen LogP contribution in [0.1, 0.15) is 38.7 Å². The zero-order valence-electron chi connectivity index (χ0n) is 14.0. The van der Waals surface area contributed by atoms with Crippen LogP contribution in [0.5, 0.6) is 0 Å². The summed E-state index contributed by atoms with van der Waals surface area (Å²) in [6, 6.07) is 5.95. The summed E-state index contributed by atoms with van der Waals surface area (Å²) in [5, 5.41) is 0. The molecule has 126 valence electrons. The van der Waals surface area contributed by atoms with E-state index in [1.807, 2.05) is 13.8 Å². The number of benzene rings is 1. The van der Waals surface area contributed by atoms with E-state index < -0.39 is 16.1 Å². The van der Waals surface area contributed by atoms with E-state index in [9.17, 15) is 13.2 Å². The van der Waals surface area contributed by atoms with Crippen molar-refractivity contribution in [3.8, 4) is 0 Å². The van der Waals surface area contributed by atoms with Gasteiger partial charge in [0.15, 0.2) is 5.78 Å². The Kier molecular flexibility index (Phi) is 5.42. The van der Waals surface area contributed by atoms with Crippen molar-refractivity contribution in [1.29, 1.82) is 0 Å². The van der Waals surface area contributed by atoms with Gasteiger partial charge in [-0.15, -0.1) is 6.58 Å². The van der Waals surface area contributed by atoms with E-state index in [0.717, 1.165) is 12.0 Å². The van der Waals surface area contributed by atoms with E-state index in [0.29, 0.717) is 12.8 Å². The number of Topliss-reactive ketones (excluding diaryl/α,β-unsaturated/α-hetero) is 1. The van der Waals surface area contributed by atoms with E-state index in [4.69, 9.17) is 0 Å². The highest BCUT2D eigenvalue weighted by Crippen LogP contribution is 2.35. The zero-order valence-corrected chi connectivity index (χ0v) is 14.8. The number of aryl methyl sites for hydroxylation is 1. The summed E-state index contributed by atoms with van der Waals surface area (Å²) < 4.78 is 27.7. The molecule has 5 heteroatoms. The normalized spacial score (nSPS) is 26.2. The number of ketones is 1. The van der Waals surface area contributed by atoms with Gasteiger partial charge in [-0.1, -0.05) is 37.1 Å². The molecule has 1 fully saturated rings. The number of carbonyl (C=O) groups is 1. The van der Waals surface area contributed by atoms with Crippen molar-refractivity contribution < 1.29 is 13.2 Å². The SMILES string of the molecule is C=CC[C@@H]1[C@@H](CC)CC(=O)[C@H](C)N1S(=O)(=O)c1ccc(C)cc1. The van der Waals surface area contributed by atoms with Gasteiger partial charge in [-0.3, -0.25) is 4.79 Å². The van der Waals surface area contributed by atoms with Crippen molar-refractivity contribution in [3.63, 3.8) is 0 Å². The summed E-state index contributed by atoms with van der Waals surface area (Å²) in [7, 11) is -3.71. The molecule has 2 rings (SSSR count). The van der Waals surface area contributed by atoms with Crippen molar-refractivity contribution in [2.75, 3.05) is 0 Å². The summed E-state index contributed by atoms with van der Waals surface area (Å²) >= 11 is 0. The van der Waals surface area contributed by atoms with E-state index in [2.05, 4.69) is 6.58 Å².